The van der Waals surface area contributed by atoms with Crippen LogP contribution in [0.3, 0.4) is 0 Å². The van der Waals surface area contributed by atoms with Crippen LogP contribution in [-0.4, -0.2) is 15.0 Å². The quantitative estimate of drug-likeness (QED) is 0.682. The molecule has 5 nitrogen and oxygen atoms in total. The molecule has 0 spiro atoms. The van der Waals surface area contributed by atoms with E-state index in [4.69, 9.17) is 0 Å². The predicted molar refractivity (Wildman–Crippen MR) is 76.3 cm³/mol. The lowest BCUT2D eigenvalue weighted by Gasteiger charge is -2.13. The van der Waals surface area contributed by atoms with Crippen LogP contribution in [0.15, 0.2) is 33.9 Å². The van der Waals surface area contributed by atoms with Crippen LogP contribution in [0.2, 0.25) is 0 Å². The number of H-pyrrole nitrogens is 2. The van der Waals surface area contributed by atoms with Crippen molar-refractivity contribution in [2.24, 2.45) is 0 Å². The van der Waals surface area contributed by atoms with Crippen LogP contribution in [0.1, 0.15) is 24.2 Å². The van der Waals surface area contributed by atoms with Gasteiger partial charge in [0.15, 0.2) is 0 Å². The third-order valence-corrected chi connectivity index (χ3v) is 3.75. The molecule has 0 amide bonds. The minimum atomic E-state index is -0.171. The van der Waals surface area contributed by atoms with E-state index in [0.29, 0.717) is 0 Å². The lowest BCUT2D eigenvalue weighted by atomic mass is 10.1. The van der Waals surface area contributed by atoms with E-state index in [0.717, 1.165) is 28.8 Å². The Morgan fingerprint density at radius 2 is 2.21 bits per heavy atom. The molecule has 3 rings (SSSR count). The highest BCUT2D eigenvalue weighted by molar-refractivity contribution is 7.07. The number of aromatic nitrogens is 3. The molecule has 1 aromatic carbocycles. The van der Waals surface area contributed by atoms with Crippen LogP contribution in [-0.2, 0) is 6.54 Å². The van der Waals surface area contributed by atoms with Crippen LogP contribution in [0.25, 0.3) is 11.0 Å². The normalized spacial score (nSPS) is 12.9. The molecule has 2 aromatic heterocycles. The maximum absolute atomic E-state index is 11.2. The Morgan fingerprint density at radius 3 is 3.00 bits per heavy atom. The van der Waals surface area contributed by atoms with Crippen LogP contribution < -0.4 is 11.0 Å². The molecule has 3 N–H and O–H groups in total. The molecule has 0 radical (unpaired) electrons. The lowest BCUT2D eigenvalue weighted by Crippen LogP contribution is -2.18. The number of nitrogens with one attached hydrogen (secondary N) is 3. The zero-order valence-corrected chi connectivity index (χ0v) is 11.3. The van der Waals surface area contributed by atoms with Crippen LogP contribution >= 0.6 is 11.3 Å². The second-order valence-corrected chi connectivity index (χ2v) is 5.19. The SMILES string of the molecule is CC(NCc1cscn1)c1ccc2[nH]c(=O)[nH]c2c1. The topological polar surface area (TPSA) is 73.6 Å². The van der Waals surface area contributed by atoms with Gasteiger partial charge >= 0.3 is 5.69 Å². The molecule has 19 heavy (non-hydrogen) atoms. The number of hydrogen-bond donors (Lipinski definition) is 3. The van der Waals surface area contributed by atoms with E-state index in [-0.39, 0.29) is 11.7 Å². The van der Waals surface area contributed by atoms with Crippen molar-refractivity contribution < 1.29 is 0 Å². The summed E-state index contributed by atoms with van der Waals surface area (Å²) in [4.78, 5) is 21.0. The molecule has 0 bridgehead atoms. The molecule has 3 aromatic rings. The summed E-state index contributed by atoms with van der Waals surface area (Å²) < 4.78 is 0. The third-order valence-electron chi connectivity index (χ3n) is 3.11. The van der Waals surface area contributed by atoms with Crippen molar-refractivity contribution in [1.82, 2.24) is 20.3 Å². The predicted octanol–water partition coefficient (Wildman–Crippen LogP) is 2.16. The first-order valence-corrected chi connectivity index (χ1v) is 6.99. The second-order valence-electron chi connectivity index (χ2n) is 4.47. The average molecular weight is 274 g/mol. The summed E-state index contributed by atoms with van der Waals surface area (Å²) in [6.07, 6.45) is 0. The number of nitrogens with zero attached hydrogens (tertiary/aromatic N) is 1. The smallest absolute Gasteiger partial charge is 0.306 e. The Kier molecular flexibility index (Phi) is 3.18. The molecule has 0 aliphatic rings. The third kappa shape index (κ3) is 2.59. The highest BCUT2D eigenvalue weighted by Gasteiger charge is 2.07. The Labute approximate surface area is 113 Å². The molecule has 0 fully saturated rings. The summed E-state index contributed by atoms with van der Waals surface area (Å²) in [6, 6.07) is 6.13. The van der Waals surface area contributed by atoms with Crippen molar-refractivity contribution in [1.29, 1.82) is 0 Å². The molecular formula is C13H14N4OS. The standard InChI is InChI=1S/C13H14N4OS/c1-8(14-5-10-6-19-7-15-10)9-2-3-11-12(4-9)17-13(18)16-11/h2-4,6-8,14H,5H2,1H3,(H2,16,17,18). The zero-order chi connectivity index (χ0) is 13.2. The van der Waals surface area contributed by atoms with Gasteiger partial charge in [0.25, 0.3) is 0 Å². The number of hydrogen-bond acceptors (Lipinski definition) is 4. The summed E-state index contributed by atoms with van der Waals surface area (Å²) in [7, 11) is 0. The molecule has 0 aliphatic heterocycles. The first kappa shape index (κ1) is 12.1. The summed E-state index contributed by atoms with van der Waals surface area (Å²) in [5.41, 5.74) is 5.52. The molecule has 2 heterocycles. The Balaban J connectivity index is 1.77. The van der Waals surface area contributed by atoms with Gasteiger partial charge in [-0.25, -0.2) is 9.78 Å². The van der Waals surface area contributed by atoms with Gasteiger partial charge < -0.3 is 15.3 Å². The fourth-order valence-corrected chi connectivity index (χ4v) is 2.58. The summed E-state index contributed by atoms with van der Waals surface area (Å²) in [5.74, 6) is 0. The van der Waals surface area contributed by atoms with Gasteiger partial charge in [-0.05, 0) is 24.6 Å². The fraction of sp³-hybridized carbons (Fsp3) is 0.231. The van der Waals surface area contributed by atoms with Gasteiger partial charge in [0.05, 0.1) is 22.2 Å². The first-order chi connectivity index (χ1) is 9.22. The van der Waals surface area contributed by atoms with Gasteiger partial charge in [0.2, 0.25) is 0 Å². The second kappa shape index (κ2) is 4.99. The van der Waals surface area contributed by atoms with E-state index >= 15 is 0 Å². The summed E-state index contributed by atoms with van der Waals surface area (Å²) >= 11 is 1.60. The van der Waals surface area contributed by atoms with Crippen molar-refractivity contribution in [3.63, 3.8) is 0 Å². The van der Waals surface area contributed by atoms with E-state index in [9.17, 15) is 4.79 Å². The van der Waals surface area contributed by atoms with Crippen molar-refractivity contribution in [3.8, 4) is 0 Å². The highest BCUT2D eigenvalue weighted by atomic mass is 32.1. The summed E-state index contributed by atoms with van der Waals surface area (Å²) in [6.45, 7) is 2.84. The minimum Gasteiger partial charge on any atom is -0.306 e. The lowest BCUT2D eigenvalue weighted by molar-refractivity contribution is 0.569. The number of rotatable bonds is 4. The van der Waals surface area contributed by atoms with Gasteiger partial charge in [-0.3, -0.25) is 0 Å². The Hall–Kier alpha value is -1.92. The number of imidazole rings is 1. The largest absolute Gasteiger partial charge is 0.323 e. The zero-order valence-electron chi connectivity index (χ0n) is 10.4. The van der Waals surface area contributed by atoms with Gasteiger partial charge in [-0.1, -0.05) is 6.07 Å². The number of fused-ring (bicyclic) bond motifs is 1. The molecule has 0 saturated heterocycles. The van der Waals surface area contributed by atoms with Gasteiger partial charge in [0, 0.05) is 18.0 Å². The van der Waals surface area contributed by atoms with E-state index in [2.05, 4.69) is 27.2 Å². The maximum Gasteiger partial charge on any atom is 0.323 e. The van der Waals surface area contributed by atoms with E-state index < -0.39 is 0 Å². The molecule has 1 unspecified atom stereocenters. The molecule has 1 atom stereocenters. The Morgan fingerprint density at radius 1 is 1.37 bits per heavy atom. The fourth-order valence-electron chi connectivity index (χ4n) is 2.02. The van der Waals surface area contributed by atoms with Crippen LogP contribution in [0.4, 0.5) is 0 Å². The van der Waals surface area contributed by atoms with Crippen molar-refractivity contribution in [2.45, 2.75) is 19.5 Å². The number of thiazole rings is 1. The van der Waals surface area contributed by atoms with Gasteiger partial charge in [0.1, 0.15) is 0 Å². The first-order valence-electron chi connectivity index (χ1n) is 6.05. The molecule has 98 valence electrons. The number of benzene rings is 1. The average Bonchev–Trinajstić information content (AvgIpc) is 3.02. The molecule has 0 saturated carbocycles. The summed E-state index contributed by atoms with van der Waals surface area (Å²) in [5, 5.41) is 5.45. The minimum absolute atomic E-state index is 0.171. The van der Waals surface area contributed by atoms with E-state index in [1.807, 2.05) is 29.1 Å². The molecular weight excluding hydrogens is 260 g/mol. The van der Waals surface area contributed by atoms with Crippen LogP contribution in [0, 0.1) is 0 Å². The Bertz CT molecular complexity index is 729. The van der Waals surface area contributed by atoms with Gasteiger partial charge in [-0.15, -0.1) is 11.3 Å². The van der Waals surface area contributed by atoms with Crippen molar-refractivity contribution >= 4 is 22.4 Å². The molecule has 0 aliphatic carbocycles. The monoisotopic (exact) mass is 274 g/mol. The van der Waals surface area contributed by atoms with Gasteiger partial charge in [-0.2, -0.15) is 0 Å². The highest BCUT2D eigenvalue weighted by Crippen LogP contribution is 2.17. The van der Waals surface area contributed by atoms with Crippen molar-refractivity contribution in [2.75, 3.05) is 0 Å². The molecule has 6 heteroatoms. The van der Waals surface area contributed by atoms with Crippen LogP contribution in [0.5, 0.6) is 0 Å². The number of aromatic amines is 2. The van der Waals surface area contributed by atoms with E-state index in [1.54, 1.807) is 11.3 Å². The van der Waals surface area contributed by atoms with Crippen molar-refractivity contribution in [3.05, 3.63) is 50.8 Å². The maximum atomic E-state index is 11.2. The van der Waals surface area contributed by atoms with E-state index in [1.165, 1.54) is 0 Å².